The van der Waals surface area contributed by atoms with E-state index in [1.165, 1.54) is 29.8 Å². The lowest BCUT2D eigenvalue weighted by Gasteiger charge is -2.36. The molecule has 6 nitrogen and oxygen atoms in total. The third-order valence-corrected chi connectivity index (χ3v) is 5.28. The second-order valence-electron chi connectivity index (χ2n) is 6.12. The normalized spacial score (nSPS) is 17.4. The summed E-state index contributed by atoms with van der Waals surface area (Å²) in [6, 6.07) is 15.9. The van der Waals surface area contributed by atoms with Crippen molar-refractivity contribution in [1.82, 2.24) is 10.2 Å². The van der Waals surface area contributed by atoms with Gasteiger partial charge in [0.25, 0.3) is 5.91 Å². The fourth-order valence-corrected chi connectivity index (χ4v) is 3.57. The number of piperazine rings is 1. The Morgan fingerprint density at radius 2 is 1.77 bits per heavy atom. The van der Waals surface area contributed by atoms with Crippen molar-refractivity contribution in [2.75, 3.05) is 19.6 Å². The summed E-state index contributed by atoms with van der Waals surface area (Å²) in [6.07, 6.45) is 0.773. The van der Waals surface area contributed by atoms with Crippen LogP contribution in [0.5, 0.6) is 0 Å². The Hall–Kier alpha value is -1.93. The Labute approximate surface area is 159 Å². The first kappa shape index (κ1) is 20.4. The lowest BCUT2D eigenvalue weighted by atomic mass is 10.0. The first-order chi connectivity index (χ1) is 11.9. The number of nitrogens with zero attached hydrogens (tertiary/aromatic N) is 1. The zero-order valence-corrected chi connectivity index (χ0v) is 15.8. The topological polar surface area (TPSA) is 92.5 Å². The molecule has 26 heavy (non-hydrogen) atoms. The van der Waals surface area contributed by atoms with E-state index >= 15 is 0 Å². The van der Waals surface area contributed by atoms with Crippen LogP contribution >= 0.6 is 12.4 Å². The number of sulfonamides is 1. The Morgan fingerprint density at radius 1 is 1.12 bits per heavy atom. The van der Waals surface area contributed by atoms with Crippen LogP contribution in [0.25, 0.3) is 0 Å². The number of primary sulfonamides is 1. The number of rotatable bonds is 4. The van der Waals surface area contributed by atoms with Gasteiger partial charge < -0.3 is 10.2 Å². The molecule has 2 aromatic carbocycles. The summed E-state index contributed by atoms with van der Waals surface area (Å²) in [5.41, 5.74) is 1.64. The Morgan fingerprint density at radius 3 is 2.38 bits per heavy atom. The molecule has 0 aromatic heterocycles. The molecular weight excluding hydrogens is 374 g/mol. The average Bonchev–Trinajstić information content (AvgIpc) is 2.62. The van der Waals surface area contributed by atoms with Gasteiger partial charge in [-0.2, -0.15) is 0 Å². The molecule has 1 heterocycles. The van der Waals surface area contributed by atoms with E-state index < -0.39 is 10.0 Å². The fourth-order valence-electron chi connectivity index (χ4n) is 3.05. The third-order valence-electron chi connectivity index (χ3n) is 4.36. The average molecular weight is 396 g/mol. The summed E-state index contributed by atoms with van der Waals surface area (Å²) < 4.78 is 22.7. The van der Waals surface area contributed by atoms with Crippen LogP contribution in [0.15, 0.2) is 59.5 Å². The number of hydrogen-bond donors (Lipinski definition) is 2. The van der Waals surface area contributed by atoms with Gasteiger partial charge in [0, 0.05) is 31.2 Å². The number of hydrogen-bond acceptors (Lipinski definition) is 4. The minimum atomic E-state index is -3.76. The number of carbonyl (C=O) groups excluding carboxylic acids is 1. The molecule has 1 fully saturated rings. The summed E-state index contributed by atoms with van der Waals surface area (Å²) in [5.74, 6) is -0.0941. The zero-order valence-electron chi connectivity index (χ0n) is 14.2. The molecule has 1 aliphatic rings. The van der Waals surface area contributed by atoms with Gasteiger partial charge in [-0.25, -0.2) is 13.6 Å². The van der Waals surface area contributed by atoms with E-state index in [2.05, 4.69) is 17.4 Å². The van der Waals surface area contributed by atoms with Crippen molar-refractivity contribution < 1.29 is 13.2 Å². The van der Waals surface area contributed by atoms with E-state index in [-0.39, 0.29) is 29.3 Å². The van der Waals surface area contributed by atoms with Gasteiger partial charge in [0.2, 0.25) is 10.0 Å². The highest BCUT2D eigenvalue weighted by Gasteiger charge is 2.27. The molecule has 3 N–H and O–H groups in total. The van der Waals surface area contributed by atoms with Crippen LogP contribution < -0.4 is 10.5 Å². The maximum Gasteiger partial charge on any atom is 0.254 e. The van der Waals surface area contributed by atoms with Crippen molar-refractivity contribution in [3.63, 3.8) is 0 Å². The lowest BCUT2D eigenvalue weighted by molar-refractivity contribution is 0.0636. The molecule has 140 valence electrons. The monoisotopic (exact) mass is 395 g/mol. The Bertz CT molecular complexity index is 842. The quantitative estimate of drug-likeness (QED) is 0.818. The molecular formula is C18H22ClN3O3S. The maximum atomic E-state index is 12.9. The van der Waals surface area contributed by atoms with Gasteiger partial charge in [0.15, 0.2) is 0 Å². The smallest absolute Gasteiger partial charge is 0.254 e. The van der Waals surface area contributed by atoms with Crippen LogP contribution in [-0.2, 0) is 16.4 Å². The van der Waals surface area contributed by atoms with Crippen molar-refractivity contribution in [3.8, 4) is 0 Å². The maximum absolute atomic E-state index is 12.9. The first-order valence-corrected chi connectivity index (χ1v) is 9.68. The van der Waals surface area contributed by atoms with Crippen LogP contribution in [0.4, 0.5) is 0 Å². The Kier molecular flexibility index (Phi) is 6.77. The molecule has 1 atom stereocenters. The number of nitrogens with two attached hydrogens (primary N) is 1. The fraction of sp³-hybridized carbons (Fsp3) is 0.278. The molecule has 1 amide bonds. The summed E-state index contributed by atoms with van der Waals surface area (Å²) >= 11 is 0. The summed E-state index contributed by atoms with van der Waals surface area (Å²) in [4.78, 5) is 14.7. The molecule has 3 rings (SSSR count). The summed E-state index contributed by atoms with van der Waals surface area (Å²) in [6.45, 7) is 2.09. The highest BCUT2D eigenvalue weighted by molar-refractivity contribution is 7.89. The lowest BCUT2D eigenvalue weighted by Crippen LogP contribution is -2.54. The largest absolute Gasteiger partial charge is 0.333 e. The van der Waals surface area contributed by atoms with Crippen molar-refractivity contribution in [2.24, 2.45) is 5.14 Å². The molecule has 0 unspecified atom stereocenters. The standard InChI is InChI=1S/C18H21N3O3S.ClH/c19-25(23,24)17-8-6-15(7-9-17)18(22)21-11-10-20-13-16(21)12-14-4-2-1-3-5-14;/h1-9,16,20H,10-13H2,(H2,19,23,24);1H/t16-;/m1./s1. The van der Waals surface area contributed by atoms with E-state index in [1.54, 1.807) is 0 Å². The predicted octanol–water partition coefficient (Wildman–Crippen LogP) is 1.41. The molecule has 1 saturated heterocycles. The van der Waals surface area contributed by atoms with Gasteiger partial charge in [-0.3, -0.25) is 4.79 Å². The molecule has 0 radical (unpaired) electrons. The third kappa shape index (κ3) is 4.82. The number of halogens is 1. The van der Waals surface area contributed by atoms with Crippen LogP contribution in [0.1, 0.15) is 15.9 Å². The molecule has 0 aliphatic carbocycles. The van der Waals surface area contributed by atoms with Crippen LogP contribution in [0.2, 0.25) is 0 Å². The molecule has 0 saturated carbocycles. The van der Waals surface area contributed by atoms with Crippen LogP contribution in [0.3, 0.4) is 0 Å². The van der Waals surface area contributed by atoms with E-state index in [0.29, 0.717) is 12.1 Å². The van der Waals surface area contributed by atoms with E-state index in [1.807, 2.05) is 23.1 Å². The number of nitrogens with one attached hydrogen (secondary N) is 1. The molecule has 8 heteroatoms. The minimum Gasteiger partial charge on any atom is -0.333 e. The van der Waals surface area contributed by atoms with Gasteiger partial charge >= 0.3 is 0 Å². The zero-order chi connectivity index (χ0) is 17.9. The van der Waals surface area contributed by atoms with Crippen LogP contribution in [-0.4, -0.2) is 44.9 Å². The second-order valence-corrected chi connectivity index (χ2v) is 7.68. The van der Waals surface area contributed by atoms with E-state index in [0.717, 1.165) is 19.5 Å². The van der Waals surface area contributed by atoms with Crippen molar-refractivity contribution in [1.29, 1.82) is 0 Å². The SMILES string of the molecule is Cl.NS(=O)(=O)c1ccc(C(=O)N2CCNC[C@H]2Cc2ccccc2)cc1. The number of benzene rings is 2. The van der Waals surface area contributed by atoms with Gasteiger partial charge in [0.1, 0.15) is 0 Å². The Balaban J connectivity index is 0.00000243. The number of amides is 1. The van der Waals surface area contributed by atoms with E-state index in [4.69, 9.17) is 5.14 Å². The van der Waals surface area contributed by atoms with Gasteiger partial charge in [-0.15, -0.1) is 12.4 Å². The number of carbonyl (C=O) groups is 1. The first-order valence-electron chi connectivity index (χ1n) is 8.13. The molecule has 0 spiro atoms. The van der Waals surface area contributed by atoms with Crippen molar-refractivity contribution >= 4 is 28.3 Å². The van der Waals surface area contributed by atoms with Crippen LogP contribution in [0, 0.1) is 0 Å². The van der Waals surface area contributed by atoms with Gasteiger partial charge in [-0.1, -0.05) is 30.3 Å². The molecule has 2 aromatic rings. The molecule has 1 aliphatic heterocycles. The minimum absolute atomic E-state index is 0. The van der Waals surface area contributed by atoms with E-state index in [9.17, 15) is 13.2 Å². The summed E-state index contributed by atoms with van der Waals surface area (Å²) in [7, 11) is -3.76. The van der Waals surface area contributed by atoms with Gasteiger partial charge in [-0.05, 0) is 36.2 Å². The van der Waals surface area contributed by atoms with Gasteiger partial charge in [0.05, 0.1) is 4.90 Å². The summed E-state index contributed by atoms with van der Waals surface area (Å²) in [5, 5.41) is 8.43. The second kappa shape index (κ2) is 8.64. The predicted molar refractivity (Wildman–Crippen MR) is 103 cm³/mol. The highest BCUT2D eigenvalue weighted by Crippen LogP contribution is 2.16. The highest BCUT2D eigenvalue weighted by atomic mass is 35.5. The van der Waals surface area contributed by atoms with Crippen molar-refractivity contribution in [2.45, 2.75) is 17.4 Å². The van der Waals surface area contributed by atoms with Crippen molar-refractivity contribution in [3.05, 3.63) is 65.7 Å². The molecule has 0 bridgehead atoms.